The number of ether oxygens (including phenoxy) is 2. The molecule has 27 heavy (non-hydrogen) atoms. The summed E-state index contributed by atoms with van der Waals surface area (Å²) in [5.74, 6) is 2.00. The molecule has 5 heteroatoms. The number of rotatable bonds is 7. The van der Waals surface area contributed by atoms with Crippen molar-refractivity contribution < 1.29 is 18.7 Å². The second kappa shape index (κ2) is 8.61. The molecule has 1 N–H and O–H groups in total. The minimum Gasteiger partial charge on any atom is -0.496 e. The summed E-state index contributed by atoms with van der Waals surface area (Å²) in [6.07, 6.45) is 3.75. The number of para-hydroxylation sites is 1. The largest absolute Gasteiger partial charge is 0.496 e. The van der Waals surface area contributed by atoms with Gasteiger partial charge in [0, 0.05) is 24.0 Å². The van der Waals surface area contributed by atoms with Gasteiger partial charge in [-0.3, -0.25) is 4.79 Å². The van der Waals surface area contributed by atoms with Crippen LogP contribution in [0.2, 0.25) is 0 Å². The molecule has 1 aromatic carbocycles. The quantitative estimate of drug-likeness (QED) is 0.797. The average molecular weight is 371 g/mol. The molecular formula is C22H29NO4. The van der Waals surface area contributed by atoms with Gasteiger partial charge in [-0.15, -0.1) is 0 Å². The van der Waals surface area contributed by atoms with Gasteiger partial charge in [0.05, 0.1) is 26.0 Å². The van der Waals surface area contributed by atoms with Gasteiger partial charge >= 0.3 is 0 Å². The predicted octanol–water partition coefficient (Wildman–Crippen LogP) is 4.07. The van der Waals surface area contributed by atoms with Crippen molar-refractivity contribution in [2.24, 2.45) is 5.92 Å². The highest BCUT2D eigenvalue weighted by Gasteiger charge is 2.42. The molecule has 1 saturated heterocycles. The molecule has 1 amide bonds. The molecule has 0 spiro atoms. The summed E-state index contributed by atoms with van der Waals surface area (Å²) in [4.78, 5) is 12.8. The summed E-state index contributed by atoms with van der Waals surface area (Å²) in [6.45, 7) is 5.38. The number of benzene rings is 1. The van der Waals surface area contributed by atoms with E-state index in [1.54, 1.807) is 13.4 Å². The van der Waals surface area contributed by atoms with E-state index in [4.69, 9.17) is 13.9 Å². The van der Waals surface area contributed by atoms with Gasteiger partial charge in [0.25, 0.3) is 0 Å². The summed E-state index contributed by atoms with van der Waals surface area (Å²) in [5.41, 5.74) is 0.794. The van der Waals surface area contributed by atoms with E-state index in [1.165, 1.54) is 0 Å². The van der Waals surface area contributed by atoms with Crippen LogP contribution in [-0.2, 0) is 21.5 Å². The normalized spacial score (nSPS) is 22.6. The number of amides is 1. The second-order valence-electron chi connectivity index (χ2n) is 7.62. The topological polar surface area (TPSA) is 60.7 Å². The standard InChI is InChI=1S/C22H29NO4/c1-16(2)20-13-22(10-12-27-20,18-8-4-5-9-19(18)25-3)14-21(24)23-15-17-7-6-11-26-17/h4-9,11,16,20H,10,12-15H2,1-3H3,(H,23,24)/t20-,22+/m1/s1. The summed E-state index contributed by atoms with van der Waals surface area (Å²) in [5, 5.41) is 2.99. The molecule has 0 radical (unpaired) electrons. The van der Waals surface area contributed by atoms with Crippen LogP contribution in [0.15, 0.2) is 47.1 Å². The van der Waals surface area contributed by atoms with E-state index >= 15 is 0 Å². The van der Waals surface area contributed by atoms with Gasteiger partial charge in [0.15, 0.2) is 0 Å². The van der Waals surface area contributed by atoms with Crippen molar-refractivity contribution >= 4 is 5.91 Å². The highest BCUT2D eigenvalue weighted by molar-refractivity contribution is 5.78. The zero-order valence-corrected chi connectivity index (χ0v) is 16.4. The third-order valence-electron chi connectivity index (χ3n) is 5.47. The minimum absolute atomic E-state index is 0.0155. The van der Waals surface area contributed by atoms with Crippen LogP contribution in [0.3, 0.4) is 0 Å². The zero-order valence-electron chi connectivity index (χ0n) is 16.4. The lowest BCUT2D eigenvalue weighted by Gasteiger charge is -2.43. The first-order chi connectivity index (χ1) is 13.0. The molecule has 146 valence electrons. The number of methoxy groups -OCH3 is 1. The minimum atomic E-state index is -0.299. The first-order valence-electron chi connectivity index (χ1n) is 9.58. The number of hydrogen-bond acceptors (Lipinski definition) is 4. The lowest BCUT2D eigenvalue weighted by Crippen LogP contribution is -2.44. The number of nitrogens with one attached hydrogen (secondary N) is 1. The highest BCUT2D eigenvalue weighted by Crippen LogP contribution is 2.45. The maximum atomic E-state index is 12.8. The third-order valence-corrected chi connectivity index (χ3v) is 5.47. The molecule has 0 aliphatic carbocycles. The van der Waals surface area contributed by atoms with Crippen LogP contribution < -0.4 is 10.1 Å². The second-order valence-corrected chi connectivity index (χ2v) is 7.62. The van der Waals surface area contributed by atoms with Crippen molar-refractivity contribution in [3.8, 4) is 5.75 Å². The Morgan fingerprint density at radius 2 is 2.11 bits per heavy atom. The zero-order chi connectivity index (χ0) is 19.3. The Morgan fingerprint density at radius 3 is 2.81 bits per heavy atom. The Hall–Kier alpha value is -2.27. The molecule has 0 bridgehead atoms. The predicted molar refractivity (Wildman–Crippen MR) is 104 cm³/mol. The van der Waals surface area contributed by atoms with Crippen LogP contribution in [0.1, 0.15) is 44.4 Å². The summed E-state index contributed by atoms with van der Waals surface area (Å²) in [6, 6.07) is 11.7. The molecule has 3 rings (SSSR count). The molecular weight excluding hydrogens is 342 g/mol. The van der Waals surface area contributed by atoms with Gasteiger partial charge in [-0.05, 0) is 37.0 Å². The third kappa shape index (κ3) is 4.53. The van der Waals surface area contributed by atoms with Crippen molar-refractivity contribution in [3.05, 3.63) is 54.0 Å². The van der Waals surface area contributed by atoms with Crippen LogP contribution >= 0.6 is 0 Å². The molecule has 2 atom stereocenters. The van der Waals surface area contributed by atoms with Crippen LogP contribution in [0.25, 0.3) is 0 Å². The van der Waals surface area contributed by atoms with E-state index in [0.29, 0.717) is 25.5 Å². The van der Waals surface area contributed by atoms with Gasteiger partial charge in [-0.25, -0.2) is 0 Å². The fourth-order valence-electron chi connectivity index (χ4n) is 3.93. The molecule has 0 saturated carbocycles. The maximum absolute atomic E-state index is 12.8. The SMILES string of the molecule is COc1ccccc1[C@@]1(CC(=O)NCc2ccco2)CCO[C@@H](C(C)C)C1. The Morgan fingerprint density at radius 1 is 1.30 bits per heavy atom. The number of carbonyl (C=O) groups excluding carboxylic acids is 1. The number of carbonyl (C=O) groups is 1. The van der Waals surface area contributed by atoms with E-state index in [-0.39, 0.29) is 17.4 Å². The van der Waals surface area contributed by atoms with Crippen molar-refractivity contribution in [2.45, 2.75) is 51.2 Å². The van der Waals surface area contributed by atoms with Gasteiger partial charge in [0.2, 0.25) is 5.91 Å². The lowest BCUT2D eigenvalue weighted by molar-refractivity contribution is -0.125. The monoisotopic (exact) mass is 371 g/mol. The van der Waals surface area contributed by atoms with Gasteiger partial charge in [0.1, 0.15) is 11.5 Å². The molecule has 2 heterocycles. The van der Waals surface area contributed by atoms with Crippen LogP contribution in [-0.4, -0.2) is 25.7 Å². The van der Waals surface area contributed by atoms with Gasteiger partial charge < -0.3 is 19.2 Å². The van der Waals surface area contributed by atoms with Gasteiger partial charge in [-0.1, -0.05) is 32.0 Å². The number of hydrogen-bond donors (Lipinski definition) is 1. The molecule has 0 unspecified atom stereocenters. The van der Waals surface area contributed by atoms with E-state index < -0.39 is 0 Å². The molecule has 5 nitrogen and oxygen atoms in total. The first kappa shape index (κ1) is 19.5. The van der Waals surface area contributed by atoms with E-state index in [0.717, 1.165) is 29.9 Å². The lowest BCUT2D eigenvalue weighted by atomic mass is 9.68. The Kier molecular flexibility index (Phi) is 6.22. The van der Waals surface area contributed by atoms with Crippen LogP contribution in [0.4, 0.5) is 0 Å². The average Bonchev–Trinajstić information content (AvgIpc) is 3.20. The molecule has 1 fully saturated rings. The smallest absolute Gasteiger partial charge is 0.221 e. The van der Waals surface area contributed by atoms with Gasteiger partial charge in [-0.2, -0.15) is 0 Å². The van der Waals surface area contributed by atoms with E-state index in [1.807, 2.05) is 30.3 Å². The summed E-state index contributed by atoms with van der Waals surface area (Å²) in [7, 11) is 1.68. The van der Waals surface area contributed by atoms with Crippen LogP contribution in [0.5, 0.6) is 5.75 Å². The molecule has 1 aliphatic heterocycles. The fraction of sp³-hybridized carbons (Fsp3) is 0.500. The van der Waals surface area contributed by atoms with E-state index in [2.05, 4.69) is 25.2 Å². The van der Waals surface area contributed by atoms with Crippen molar-refractivity contribution in [1.82, 2.24) is 5.32 Å². The maximum Gasteiger partial charge on any atom is 0.221 e. The Balaban J connectivity index is 1.84. The van der Waals surface area contributed by atoms with Crippen molar-refractivity contribution in [1.29, 1.82) is 0 Å². The Bertz CT molecular complexity index is 741. The molecule has 2 aromatic rings. The van der Waals surface area contributed by atoms with E-state index in [9.17, 15) is 4.79 Å². The summed E-state index contributed by atoms with van der Waals surface area (Å²) < 4.78 is 16.9. The van der Waals surface area contributed by atoms with Crippen molar-refractivity contribution in [2.75, 3.05) is 13.7 Å². The fourth-order valence-corrected chi connectivity index (χ4v) is 3.93. The molecule has 1 aliphatic rings. The van der Waals surface area contributed by atoms with Crippen molar-refractivity contribution in [3.63, 3.8) is 0 Å². The highest BCUT2D eigenvalue weighted by atomic mass is 16.5. The Labute approximate surface area is 161 Å². The summed E-state index contributed by atoms with van der Waals surface area (Å²) >= 11 is 0. The molecule has 1 aromatic heterocycles. The van der Waals surface area contributed by atoms with Crippen LogP contribution in [0, 0.1) is 5.92 Å². The number of furan rings is 1. The first-order valence-corrected chi connectivity index (χ1v) is 9.58.